The second-order valence-electron chi connectivity index (χ2n) is 5.77. The van der Waals surface area contributed by atoms with Crippen molar-refractivity contribution < 1.29 is 24.0 Å². The van der Waals surface area contributed by atoms with Crippen molar-refractivity contribution in [2.45, 2.75) is 0 Å². The number of ether oxygens (including phenoxy) is 2. The summed E-state index contributed by atoms with van der Waals surface area (Å²) in [5.41, 5.74) is 0.731. The van der Waals surface area contributed by atoms with Crippen LogP contribution in [0.1, 0.15) is 10.4 Å². The predicted molar refractivity (Wildman–Crippen MR) is 104 cm³/mol. The Morgan fingerprint density at radius 3 is 2.54 bits per heavy atom. The number of nitrogens with zero attached hydrogens (tertiary/aromatic N) is 2. The van der Waals surface area contributed by atoms with Crippen molar-refractivity contribution in [2.24, 2.45) is 0 Å². The average molecular weight is 387 g/mol. The van der Waals surface area contributed by atoms with Gasteiger partial charge in [0, 0.05) is 44.2 Å². The molecule has 0 spiro atoms. The molecule has 0 saturated carbocycles. The van der Waals surface area contributed by atoms with Gasteiger partial charge in [-0.15, -0.1) is 0 Å². The van der Waals surface area contributed by atoms with Gasteiger partial charge in [-0.2, -0.15) is 0 Å². The minimum atomic E-state index is -0.835. The smallest absolute Gasteiger partial charge is 0.341 e. The summed E-state index contributed by atoms with van der Waals surface area (Å²) in [4.78, 5) is 36.5. The molecule has 2 aromatic carbocycles. The molecule has 0 aliphatic heterocycles. The van der Waals surface area contributed by atoms with E-state index in [1.807, 2.05) is 6.07 Å². The Morgan fingerprint density at radius 1 is 1.18 bits per heavy atom. The van der Waals surface area contributed by atoms with Crippen LogP contribution in [0.4, 0.5) is 17.1 Å². The first-order valence-corrected chi connectivity index (χ1v) is 8.44. The number of nitrogens with one attached hydrogen (secondary N) is 1. The van der Waals surface area contributed by atoms with Gasteiger partial charge in [0.1, 0.15) is 0 Å². The highest BCUT2D eigenvalue weighted by atomic mass is 16.6. The molecule has 0 aliphatic carbocycles. The minimum Gasteiger partial charge on any atom is -0.452 e. The number of amides is 1. The summed E-state index contributed by atoms with van der Waals surface area (Å²) in [5.74, 6) is -1.27. The van der Waals surface area contributed by atoms with Crippen molar-refractivity contribution in [3.8, 4) is 0 Å². The van der Waals surface area contributed by atoms with E-state index in [1.54, 1.807) is 31.3 Å². The van der Waals surface area contributed by atoms with Crippen molar-refractivity contribution >= 4 is 28.9 Å². The van der Waals surface area contributed by atoms with Crippen LogP contribution in [0.5, 0.6) is 0 Å². The van der Waals surface area contributed by atoms with E-state index in [2.05, 4.69) is 5.32 Å². The van der Waals surface area contributed by atoms with Crippen molar-refractivity contribution in [3.63, 3.8) is 0 Å². The number of rotatable bonds is 9. The third-order valence-electron chi connectivity index (χ3n) is 3.90. The number of carbonyl (C=O) groups is 2. The van der Waals surface area contributed by atoms with Crippen LogP contribution in [-0.4, -0.2) is 50.7 Å². The van der Waals surface area contributed by atoms with E-state index in [1.165, 1.54) is 24.1 Å². The van der Waals surface area contributed by atoms with Gasteiger partial charge < -0.3 is 19.7 Å². The third kappa shape index (κ3) is 5.52. The summed E-state index contributed by atoms with van der Waals surface area (Å²) in [6, 6.07) is 12.7. The van der Waals surface area contributed by atoms with Gasteiger partial charge in [-0.25, -0.2) is 4.79 Å². The maximum Gasteiger partial charge on any atom is 0.341 e. The van der Waals surface area contributed by atoms with Gasteiger partial charge in [0.2, 0.25) is 0 Å². The molecule has 0 fully saturated rings. The number of hydrogen-bond acceptors (Lipinski definition) is 7. The molecule has 9 heteroatoms. The van der Waals surface area contributed by atoms with E-state index in [-0.39, 0.29) is 11.3 Å². The van der Waals surface area contributed by atoms with E-state index in [0.717, 1.165) is 6.07 Å². The van der Waals surface area contributed by atoms with Gasteiger partial charge in [-0.1, -0.05) is 18.2 Å². The molecule has 0 heterocycles. The molecule has 2 rings (SSSR count). The lowest BCUT2D eigenvalue weighted by atomic mass is 10.1. The molecular weight excluding hydrogens is 366 g/mol. The Hall–Kier alpha value is -3.46. The monoisotopic (exact) mass is 387 g/mol. The van der Waals surface area contributed by atoms with E-state index in [9.17, 15) is 19.7 Å². The average Bonchev–Trinajstić information content (AvgIpc) is 2.72. The number of esters is 1. The topological polar surface area (TPSA) is 111 Å². The maximum absolute atomic E-state index is 12.4. The first kappa shape index (κ1) is 20.8. The fourth-order valence-electron chi connectivity index (χ4n) is 2.35. The summed E-state index contributed by atoms with van der Waals surface area (Å²) in [6.45, 7) is 0.278. The predicted octanol–water partition coefficient (Wildman–Crippen LogP) is 2.47. The molecule has 0 aliphatic rings. The van der Waals surface area contributed by atoms with Crippen LogP contribution in [-0.2, 0) is 14.3 Å². The van der Waals surface area contributed by atoms with Crippen LogP contribution in [0, 0.1) is 10.1 Å². The van der Waals surface area contributed by atoms with Crippen LogP contribution >= 0.6 is 0 Å². The van der Waals surface area contributed by atoms with Gasteiger partial charge in [-0.3, -0.25) is 14.9 Å². The molecule has 0 unspecified atom stereocenters. The summed E-state index contributed by atoms with van der Waals surface area (Å²) in [7, 11) is 3.10. The summed E-state index contributed by atoms with van der Waals surface area (Å²) in [6.07, 6.45) is 0. The summed E-state index contributed by atoms with van der Waals surface area (Å²) < 4.78 is 10.0. The van der Waals surface area contributed by atoms with Crippen LogP contribution in [0.15, 0.2) is 48.5 Å². The molecule has 0 radical (unpaired) electrons. The number of non-ortho nitro benzene ring substituents is 1. The van der Waals surface area contributed by atoms with Gasteiger partial charge in [0.15, 0.2) is 6.61 Å². The van der Waals surface area contributed by atoms with Crippen LogP contribution in [0.2, 0.25) is 0 Å². The summed E-state index contributed by atoms with van der Waals surface area (Å²) in [5, 5.41) is 14.0. The number of hydrogen-bond donors (Lipinski definition) is 1. The first-order chi connectivity index (χ1) is 13.4. The van der Waals surface area contributed by atoms with Gasteiger partial charge >= 0.3 is 5.97 Å². The largest absolute Gasteiger partial charge is 0.452 e. The molecule has 1 amide bonds. The fourth-order valence-corrected chi connectivity index (χ4v) is 2.35. The molecule has 0 aromatic heterocycles. The van der Waals surface area contributed by atoms with Crippen molar-refractivity contribution in [1.29, 1.82) is 0 Å². The number of carbonyl (C=O) groups excluding carboxylic acids is 2. The van der Waals surface area contributed by atoms with Crippen LogP contribution in [0.25, 0.3) is 0 Å². The summed E-state index contributed by atoms with van der Waals surface area (Å²) >= 11 is 0. The normalized spacial score (nSPS) is 10.2. The lowest BCUT2D eigenvalue weighted by Crippen LogP contribution is -2.31. The molecule has 28 heavy (non-hydrogen) atoms. The van der Waals surface area contributed by atoms with E-state index >= 15 is 0 Å². The molecule has 0 bridgehead atoms. The molecule has 1 N–H and O–H groups in total. The molecule has 2 aromatic rings. The maximum atomic E-state index is 12.4. The van der Waals surface area contributed by atoms with Crippen molar-refractivity contribution in [2.75, 3.05) is 44.1 Å². The lowest BCUT2D eigenvalue weighted by molar-refractivity contribution is -0.384. The molecule has 9 nitrogen and oxygen atoms in total. The standard InChI is InChI=1S/C19H21N3O6/c1-21(14-6-4-3-5-7-14)18(23)13-28-19(24)16-12-15(22(25)26)8-9-17(16)20-10-11-27-2/h3-9,12,20H,10-11,13H2,1-2H3. The van der Waals surface area contributed by atoms with Gasteiger partial charge in [-0.05, 0) is 18.2 Å². The number of likely N-dealkylation sites (N-methyl/N-ethyl adjacent to an activating group) is 1. The zero-order chi connectivity index (χ0) is 20.5. The number of methoxy groups -OCH3 is 1. The minimum absolute atomic E-state index is 0.0273. The zero-order valence-electron chi connectivity index (χ0n) is 15.6. The lowest BCUT2D eigenvalue weighted by Gasteiger charge is -2.17. The molecule has 0 saturated heterocycles. The number of para-hydroxylation sites is 1. The van der Waals surface area contributed by atoms with E-state index in [0.29, 0.717) is 24.5 Å². The Balaban J connectivity index is 2.09. The Morgan fingerprint density at radius 2 is 1.89 bits per heavy atom. The molecular formula is C19H21N3O6. The third-order valence-corrected chi connectivity index (χ3v) is 3.90. The van der Waals surface area contributed by atoms with Crippen LogP contribution in [0.3, 0.4) is 0 Å². The zero-order valence-corrected chi connectivity index (χ0v) is 15.6. The van der Waals surface area contributed by atoms with Crippen molar-refractivity contribution in [1.82, 2.24) is 0 Å². The number of nitro groups is 1. The Bertz CT molecular complexity index is 841. The Kier molecular flexibility index (Phi) is 7.46. The second-order valence-corrected chi connectivity index (χ2v) is 5.77. The number of nitro benzene ring substituents is 1. The van der Waals surface area contributed by atoms with Crippen LogP contribution < -0.4 is 10.2 Å². The highest BCUT2D eigenvalue weighted by Crippen LogP contribution is 2.23. The van der Waals surface area contributed by atoms with Gasteiger partial charge in [0.25, 0.3) is 11.6 Å². The quantitative estimate of drug-likeness (QED) is 0.304. The Labute approximate surface area is 162 Å². The fraction of sp³-hybridized carbons (Fsp3) is 0.263. The highest BCUT2D eigenvalue weighted by molar-refractivity contribution is 5.99. The van der Waals surface area contributed by atoms with E-state index in [4.69, 9.17) is 9.47 Å². The molecule has 148 valence electrons. The van der Waals surface area contributed by atoms with Gasteiger partial charge in [0.05, 0.1) is 17.1 Å². The SMILES string of the molecule is COCCNc1ccc([N+](=O)[O-])cc1C(=O)OCC(=O)N(C)c1ccccc1. The second kappa shape index (κ2) is 10.0. The molecule has 0 atom stereocenters. The first-order valence-electron chi connectivity index (χ1n) is 8.44. The number of anilines is 2. The highest BCUT2D eigenvalue weighted by Gasteiger charge is 2.20. The van der Waals surface area contributed by atoms with Crippen molar-refractivity contribution in [3.05, 3.63) is 64.2 Å². The van der Waals surface area contributed by atoms with E-state index < -0.39 is 23.4 Å². The number of benzene rings is 2.